The van der Waals surface area contributed by atoms with Crippen LogP contribution >= 0.6 is 11.3 Å². The summed E-state index contributed by atoms with van der Waals surface area (Å²) in [5.74, 6) is -0.820. The van der Waals surface area contributed by atoms with Crippen molar-refractivity contribution in [1.29, 1.82) is 0 Å². The normalized spacial score (nSPS) is 11.3. The maximum atomic E-state index is 12.4. The lowest BCUT2D eigenvalue weighted by Gasteiger charge is -2.06. The number of thiophene rings is 1. The van der Waals surface area contributed by atoms with Crippen molar-refractivity contribution in [3.63, 3.8) is 0 Å². The van der Waals surface area contributed by atoms with Crippen LogP contribution in [0.25, 0.3) is 10.1 Å². The van der Waals surface area contributed by atoms with Gasteiger partial charge in [-0.15, -0.1) is 11.3 Å². The maximum absolute atomic E-state index is 12.4. The highest BCUT2D eigenvalue weighted by atomic mass is 32.2. The molecule has 0 aliphatic carbocycles. The minimum atomic E-state index is -3.28. The van der Waals surface area contributed by atoms with Gasteiger partial charge in [-0.25, -0.2) is 13.2 Å². The minimum Gasteiger partial charge on any atom is -0.465 e. The minimum absolute atomic E-state index is 0.0545. The Balaban J connectivity index is 1.83. The van der Waals surface area contributed by atoms with Crippen LogP contribution in [0.3, 0.4) is 0 Å². The summed E-state index contributed by atoms with van der Waals surface area (Å²) >= 11 is 1.30. The Morgan fingerprint density at radius 1 is 1.07 bits per heavy atom. The highest BCUT2D eigenvalue weighted by Crippen LogP contribution is 2.36. The number of methoxy groups -OCH3 is 1. The second kappa shape index (κ2) is 7.50. The number of esters is 1. The van der Waals surface area contributed by atoms with Gasteiger partial charge in [0.1, 0.15) is 10.6 Å². The number of sulfone groups is 1. The lowest BCUT2D eigenvalue weighted by molar-refractivity contribution is -0.115. The van der Waals surface area contributed by atoms with Crippen LogP contribution in [0, 0.1) is 0 Å². The van der Waals surface area contributed by atoms with Gasteiger partial charge in [-0.1, -0.05) is 30.3 Å². The number of ether oxygens (including phenoxy) is 1. The zero-order chi connectivity index (χ0) is 19.6. The van der Waals surface area contributed by atoms with Crippen LogP contribution < -0.4 is 5.32 Å². The highest BCUT2D eigenvalue weighted by Gasteiger charge is 2.21. The summed E-state index contributed by atoms with van der Waals surface area (Å²) in [4.78, 5) is 24.8. The number of amides is 1. The molecular formula is C19H17NO5S2. The molecule has 0 aliphatic rings. The Kier molecular flexibility index (Phi) is 5.29. The van der Waals surface area contributed by atoms with Gasteiger partial charge in [0.2, 0.25) is 5.91 Å². The Morgan fingerprint density at radius 3 is 2.37 bits per heavy atom. The molecule has 0 unspecified atom stereocenters. The van der Waals surface area contributed by atoms with Gasteiger partial charge in [0.25, 0.3) is 0 Å². The second-order valence-electron chi connectivity index (χ2n) is 5.93. The van der Waals surface area contributed by atoms with Crippen LogP contribution in [0.2, 0.25) is 0 Å². The van der Waals surface area contributed by atoms with E-state index in [1.165, 1.54) is 30.6 Å². The van der Waals surface area contributed by atoms with E-state index in [2.05, 4.69) is 5.32 Å². The Labute approximate surface area is 160 Å². The molecule has 3 aromatic rings. The third-order valence-electron chi connectivity index (χ3n) is 3.95. The standard InChI is InChI=1S/C19H17NO5S2/c1-25-19(22)17-14-5-3-4-6-15(14)26-18(17)20-16(21)11-12-7-9-13(10-8-12)27(2,23)24/h3-10H,11H2,1-2H3,(H,20,21). The third kappa shape index (κ3) is 4.17. The van der Waals surface area contributed by atoms with Crippen LogP contribution in [-0.2, 0) is 25.8 Å². The summed E-state index contributed by atoms with van der Waals surface area (Å²) in [6, 6.07) is 13.5. The van der Waals surface area contributed by atoms with Crippen molar-refractivity contribution < 1.29 is 22.7 Å². The highest BCUT2D eigenvalue weighted by molar-refractivity contribution is 7.90. The van der Waals surface area contributed by atoms with Gasteiger partial charge in [0, 0.05) is 16.3 Å². The summed E-state index contributed by atoms with van der Waals surface area (Å²) in [6.45, 7) is 0. The number of carbonyl (C=O) groups excluding carboxylic acids is 2. The fourth-order valence-electron chi connectivity index (χ4n) is 2.65. The van der Waals surface area contributed by atoms with Crippen molar-refractivity contribution in [3.05, 3.63) is 59.7 Å². The lowest BCUT2D eigenvalue weighted by Crippen LogP contribution is -2.16. The molecule has 1 aromatic heterocycles. The first kappa shape index (κ1) is 19.1. The first-order valence-corrected chi connectivity index (χ1v) is 10.7. The van der Waals surface area contributed by atoms with E-state index in [4.69, 9.17) is 4.74 Å². The largest absolute Gasteiger partial charge is 0.465 e. The molecule has 6 nitrogen and oxygen atoms in total. The molecule has 0 spiro atoms. The van der Waals surface area contributed by atoms with Crippen molar-refractivity contribution in [2.45, 2.75) is 11.3 Å². The van der Waals surface area contributed by atoms with E-state index in [9.17, 15) is 18.0 Å². The zero-order valence-corrected chi connectivity index (χ0v) is 16.3. The Hall–Kier alpha value is -2.71. The number of rotatable bonds is 5. The van der Waals surface area contributed by atoms with Crippen LogP contribution in [0.15, 0.2) is 53.4 Å². The Morgan fingerprint density at radius 2 is 1.74 bits per heavy atom. The summed E-state index contributed by atoms with van der Waals surface area (Å²) in [5, 5.41) is 3.92. The van der Waals surface area contributed by atoms with Gasteiger partial charge >= 0.3 is 5.97 Å². The smallest absolute Gasteiger partial charge is 0.341 e. The van der Waals surface area contributed by atoms with E-state index in [0.717, 1.165) is 16.3 Å². The quantitative estimate of drug-likeness (QED) is 0.661. The average molecular weight is 403 g/mol. The van der Waals surface area contributed by atoms with Crippen molar-refractivity contribution in [2.24, 2.45) is 0 Å². The zero-order valence-electron chi connectivity index (χ0n) is 14.7. The number of benzene rings is 2. The van der Waals surface area contributed by atoms with Crippen LogP contribution in [0.1, 0.15) is 15.9 Å². The summed E-state index contributed by atoms with van der Waals surface area (Å²) in [7, 11) is -1.98. The molecule has 0 atom stereocenters. The number of anilines is 1. The molecule has 0 saturated heterocycles. The van der Waals surface area contributed by atoms with E-state index >= 15 is 0 Å². The molecule has 0 saturated carbocycles. The van der Waals surface area contributed by atoms with Crippen LogP contribution in [-0.4, -0.2) is 33.7 Å². The average Bonchev–Trinajstić information content (AvgIpc) is 2.98. The lowest BCUT2D eigenvalue weighted by atomic mass is 10.1. The molecule has 0 radical (unpaired) electrons. The summed E-state index contributed by atoms with van der Waals surface area (Å²) in [6.07, 6.45) is 1.18. The van der Waals surface area contributed by atoms with Gasteiger partial charge in [-0.3, -0.25) is 4.79 Å². The second-order valence-corrected chi connectivity index (χ2v) is 9.00. The first-order valence-electron chi connectivity index (χ1n) is 7.98. The van der Waals surface area contributed by atoms with Crippen molar-refractivity contribution in [1.82, 2.24) is 0 Å². The van der Waals surface area contributed by atoms with Gasteiger partial charge in [0.15, 0.2) is 9.84 Å². The molecule has 8 heteroatoms. The number of nitrogens with one attached hydrogen (secondary N) is 1. The van der Waals surface area contributed by atoms with E-state index in [-0.39, 0.29) is 17.2 Å². The SMILES string of the molecule is COC(=O)c1c(NC(=O)Cc2ccc(S(C)(=O)=O)cc2)sc2ccccc12. The number of carbonyl (C=O) groups is 2. The Bertz CT molecular complexity index is 1110. The van der Waals surface area contributed by atoms with Gasteiger partial charge in [-0.05, 0) is 23.8 Å². The maximum Gasteiger partial charge on any atom is 0.341 e. The molecule has 27 heavy (non-hydrogen) atoms. The van der Waals surface area contributed by atoms with E-state index in [1.54, 1.807) is 18.2 Å². The van der Waals surface area contributed by atoms with Gasteiger partial charge in [-0.2, -0.15) is 0 Å². The van der Waals surface area contributed by atoms with Crippen molar-refractivity contribution >= 4 is 48.1 Å². The van der Waals surface area contributed by atoms with Gasteiger partial charge < -0.3 is 10.1 Å². The fraction of sp³-hybridized carbons (Fsp3) is 0.158. The molecule has 3 rings (SSSR count). The third-order valence-corrected chi connectivity index (χ3v) is 6.17. The molecule has 1 N–H and O–H groups in total. The summed E-state index contributed by atoms with van der Waals surface area (Å²) < 4.78 is 28.7. The molecule has 2 aromatic carbocycles. The van der Waals surface area contributed by atoms with Crippen molar-refractivity contribution in [2.75, 3.05) is 18.7 Å². The molecule has 0 aliphatic heterocycles. The van der Waals surface area contributed by atoms with Crippen LogP contribution in [0.4, 0.5) is 5.00 Å². The van der Waals surface area contributed by atoms with Crippen LogP contribution in [0.5, 0.6) is 0 Å². The molecular weight excluding hydrogens is 386 g/mol. The van der Waals surface area contributed by atoms with E-state index in [0.29, 0.717) is 16.1 Å². The van der Waals surface area contributed by atoms with E-state index < -0.39 is 15.8 Å². The molecule has 1 heterocycles. The monoisotopic (exact) mass is 403 g/mol. The number of fused-ring (bicyclic) bond motifs is 1. The number of hydrogen-bond donors (Lipinski definition) is 1. The molecule has 0 bridgehead atoms. The van der Waals surface area contributed by atoms with Gasteiger partial charge in [0.05, 0.1) is 18.4 Å². The number of hydrogen-bond acceptors (Lipinski definition) is 6. The predicted molar refractivity (Wildman–Crippen MR) is 105 cm³/mol. The molecule has 140 valence electrons. The predicted octanol–water partition coefficient (Wildman–Crippen LogP) is 3.27. The molecule has 0 fully saturated rings. The first-order chi connectivity index (χ1) is 12.8. The topological polar surface area (TPSA) is 89.5 Å². The molecule has 1 amide bonds. The van der Waals surface area contributed by atoms with E-state index in [1.807, 2.05) is 18.2 Å². The van der Waals surface area contributed by atoms with Crippen molar-refractivity contribution in [3.8, 4) is 0 Å². The fourth-order valence-corrected chi connectivity index (χ4v) is 4.39. The summed E-state index contributed by atoms with van der Waals surface area (Å²) in [5.41, 5.74) is 1.000.